The molecule has 0 spiro atoms. The molecule has 0 radical (unpaired) electrons. The molecule has 0 saturated carbocycles. The standard InChI is InChI=1S/C8H14.C6H14O/c1-3-5-7-8-6-4-2;1-3-5-7-6-4-2/h3,5,7-8H2,1-2H3;3-6H2,1-2H3. The third kappa shape index (κ3) is 24.7. The van der Waals surface area contributed by atoms with Crippen molar-refractivity contribution in [3.8, 4) is 11.8 Å². The smallest absolute Gasteiger partial charge is 0.0463 e. The van der Waals surface area contributed by atoms with Crippen molar-refractivity contribution in [2.24, 2.45) is 0 Å². The lowest BCUT2D eigenvalue weighted by molar-refractivity contribution is 0.135. The third-order valence-electron chi connectivity index (χ3n) is 1.78. The molecule has 15 heavy (non-hydrogen) atoms. The average Bonchev–Trinajstić information content (AvgIpc) is 2.26. The van der Waals surface area contributed by atoms with E-state index in [0.29, 0.717) is 0 Å². The zero-order valence-electron chi connectivity index (χ0n) is 11.1. The van der Waals surface area contributed by atoms with Crippen molar-refractivity contribution < 1.29 is 4.74 Å². The highest BCUT2D eigenvalue weighted by Crippen LogP contribution is 1.96. The molecule has 0 unspecified atom stereocenters. The number of hydrogen-bond acceptors (Lipinski definition) is 1. The van der Waals surface area contributed by atoms with Crippen LogP contribution in [0.2, 0.25) is 0 Å². The Balaban J connectivity index is 0. The number of hydrogen-bond donors (Lipinski definition) is 0. The Labute approximate surface area is 96.6 Å². The minimum Gasteiger partial charge on any atom is -0.381 e. The van der Waals surface area contributed by atoms with E-state index >= 15 is 0 Å². The molecule has 0 atom stereocenters. The van der Waals surface area contributed by atoms with Crippen molar-refractivity contribution in [2.75, 3.05) is 13.2 Å². The summed E-state index contributed by atoms with van der Waals surface area (Å²) >= 11 is 0. The molecule has 0 N–H and O–H groups in total. The average molecular weight is 212 g/mol. The van der Waals surface area contributed by atoms with Crippen LogP contribution >= 0.6 is 0 Å². The van der Waals surface area contributed by atoms with Crippen molar-refractivity contribution >= 4 is 0 Å². The Morgan fingerprint density at radius 2 is 1.47 bits per heavy atom. The Bertz CT molecular complexity index is 137. The molecule has 0 saturated heterocycles. The first-order valence-electron chi connectivity index (χ1n) is 6.30. The predicted molar refractivity (Wildman–Crippen MR) is 69.0 cm³/mol. The van der Waals surface area contributed by atoms with E-state index in [1.165, 1.54) is 19.3 Å². The van der Waals surface area contributed by atoms with Gasteiger partial charge in [0.1, 0.15) is 0 Å². The molecule has 0 heterocycles. The summed E-state index contributed by atoms with van der Waals surface area (Å²) in [5.74, 6) is 5.91. The first-order chi connectivity index (χ1) is 7.33. The minimum absolute atomic E-state index is 0.924. The Hall–Kier alpha value is -0.480. The normalized spacial score (nSPS) is 8.53. The molecule has 0 aliphatic rings. The van der Waals surface area contributed by atoms with E-state index in [-0.39, 0.29) is 0 Å². The third-order valence-corrected chi connectivity index (χ3v) is 1.78. The topological polar surface area (TPSA) is 9.23 Å². The zero-order chi connectivity index (χ0) is 11.8. The molecule has 0 aliphatic carbocycles. The highest BCUT2D eigenvalue weighted by molar-refractivity contribution is 4.94. The molecule has 0 amide bonds. The van der Waals surface area contributed by atoms with Gasteiger partial charge in [-0.3, -0.25) is 0 Å². The SMILES string of the molecule is CC#CCCCCC.CCCOCCC. The van der Waals surface area contributed by atoms with Crippen LogP contribution in [0.4, 0.5) is 0 Å². The van der Waals surface area contributed by atoms with E-state index in [2.05, 4.69) is 32.6 Å². The van der Waals surface area contributed by atoms with Crippen LogP contribution < -0.4 is 0 Å². The highest BCUT2D eigenvalue weighted by Gasteiger charge is 1.78. The monoisotopic (exact) mass is 212 g/mol. The van der Waals surface area contributed by atoms with E-state index in [4.69, 9.17) is 4.74 Å². The van der Waals surface area contributed by atoms with Gasteiger partial charge in [0.25, 0.3) is 0 Å². The van der Waals surface area contributed by atoms with Crippen LogP contribution in [0.1, 0.15) is 66.2 Å². The van der Waals surface area contributed by atoms with E-state index in [9.17, 15) is 0 Å². The lowest BCUT2D eigenvalue weighted by Gasteiger charge is -1.95. The van der Waals surface area contributed by atoms with Crippen LogP contribution in [0.3, 0.4) is 0 Å². The summed E-state index contributed by atoms with van der Waals surface area (Å²) < 4.78 is 5.13. The largest absolute Gasteiger partial charge is 0.381 e. The van der Waals surface area contributed by atoms with Crippen LogP contribution in [-0.4, -0.2) is 13.2 Å². The van der Waals surface area contributed by atoms with Crippen LogP contribution in [0.15, 0.2) is 0 Å². The van der Waals surface area contributed by atoms with Gasteiger partial charge in [0.2, 0.25) is 0 Å². The van der Waals surface area contributed by atoms with E-state index in [1.807, 2.05) is 6.92 Å². The van der Waals surface area contributed by atoms with Gasteiger partial charge in [0.05, 0.1) is 0 Å². The number of unbranched alkanes of at least 4 members (excludes halogenated alkanes) is 3. The lowest BCUT2D eigenvalue weighted by atomic mass is 10.2. The van der Waals surface area contributed by atoms with Gasteiger partial charge < -0.3 is 4.74 Å². The fourth-order valence-corrected chi connectivity index (χ4v) is 0.979. The molecule has 0 rings (SSSR count). The van der Waals surface area contributed by atoms with E-state index < -0.39 is 0 Å². The maximum absolute atomic E-state index is 5.13. The predicted octanol–water partition coefficient (Wildman–Crippen LogP) is 4.41. The second-order valence-electron chi connectivity index (χ2n) is 3.50. The van der Waals surface area contributed by atoms with Crippen molar-refractivity contribution in [1.82, 2.24) is 0 Å². The van der Waals surface area contributed by atoms with E-state index in [0.717, 1.165) is 32.5 Å². The molecule has 0 aromatic rings. The van der Waals surface area contributed by atoms with Gasteiger partial charge in [-0.15, -0.1) is 11.8 Å². The number of rotatable bonds is 7. The summed E-state index contributed by atoms with van der Waals surface area (Å²) in [5.41, 5.74) is 0. The molecular weight excluding hydrogens is 184 g/mol. The second kappa shape index (κ2) is 19.1. The zero-order valence-corrected chi connectivity index (χ0v) is 11.1. The van der Waals surface area contributed by atoms with Gasteiger partial charge in [0, 0.05) is 19.6 Å². The lowest BCUT2D eigenvalue weighted by Crippen LogP contribution is -1.92. The summed E-state index contributed by atoms with van der Waals surface area (Å²) in [6.07, 6.45) is 7.27. The Morgan fingerprint density at radius 1 is 0.867 bits per heavy atom. The van der Waals surface area contributed by atoms with Crippen molar-refractivity contribution in [3.05, 3.63) is 0 Å². The maximum Gasteiger partial charge on any atom is 0.0463 e. The van der Waals surface area contributed by atoms with E-state index in [1.54, 1.807) is 0 Å². The van der Waals surface area contributed by atoms with Crippen LogP contribution in [-0.2, 0) is 4.74 Å². The van der Waals surface area contributed by atoms with Crippen LogP contribution in [0.25, 0.3) is 0 Å². The molecule has 90 valence electrons. The molecule has 0 aromatic carbocycles. The van der Waals surface area contributed by atoms with Gasteiger partial charge in [-0.25, -0.2) is 0 Å². The molecule has 0 aromatic heterocycles. The van der Waals surface area contributed by atoms with Gasteiger partial charge in [-0.2, -0.15) is 0 Å². The second-order valence-corrected chi connectivity index (χ2v) is 3.50. The molecule has 0 bridgehead atoms. The molecular formula is C14H28O. The summed E-state index contributed by atoms with van der Waals surface area (Å²) in [7, 11) is 0. The molecule has 1 heteroatoms. The quantitative estimate of drug-likeness (QED) is 0.448. The van der Waals surface area contributed by atoms with Crippen LogP contribution in [0.5, 0.6) is 0 Å². The van der Waals surface area contributed by atoms with Crippen molar-refractivity contribution in [2.45, 2.75) is 66.2 Å². The Kier molecular flexibility index (Phi) is 21.6. The molecule has 0 fully saturated rings. The van der Waals surface area contributed by atoms with Gasteiger partial charge in [-0.05, 0) is 26.2 Å². The maximum atomic E-state index is 5.13. The van der Waals surface area contributed by atoms with Gasteiger partial charge in [-0.1, -0.05) is 33.6 Å². The summed E-state index contributed by atoms with van der Waals surface area (Å²) in [4.78, 5) is 0. The first-order valence-corrected chi connectivity index (χ1v) is 6.30. The first kappa shape index (κ1) is 16.9. The van der Waals surface area contributed by atoms with Crippen LogP contribution in [0, 0.1) is 11.8 Å². The fourth-order valence-electron chi connectivity index (χ4n) is 0.979. The summed E-state index contributed by atoms with van der Waals surface area (Å²) in [6.45, 7) is 10.2. The van der Waals surface area contributed by atoms with Gasteiger partial charge >= 0.3 is 0 Å². The molecule has 0 aliphatic heterocycles. The van der Waals surface area contributed by atoms with Crippen molar-refractivity contribution in [1.29, 1.82) is 0 Å². The number of ether oxygens (including phenoxy) is 1. The fraction of sp³-hybridized carbons (Fsp3) is 0.857. The van der Waals surface area contributed by atoms with Gasteiger partial charge in [0.15, 0.2) is 0 Å². The summed E-state index contributed by atoms with van der Waals surface area (Å²) in [5, 5.41) is 0. The van der Waals surface area contributed by atoms with Crippen molar-refractivity contribution in [3.63, 3.8) is 0 Å². The minimum atomic E-state index is 0.924. The molecule has 1 nitrogen and oxygen atoms in total. The highest BCUT2D eigenvalue weighted by atomic mass is 16.5. The summed E-state index contributed by atoms with van der Waals surface area (Å²) in [6, 6.07) is 0. The Morgan fingerprint density at radius 3 is 1.87 bits per heavy atom.